The predicted molar refractivity (Wildman–Crippen MR) is 94.7 cm³/mol. The summed E-state index contributed by atoms with van der Waals surface area (Å²) in [6, 6.07) is 10.4. The number of likely N-dealkylation sites (N-methyl/N-ethyl adjacent to an activating group) is 1. The maximum absolute atomic E-state index is 12.7. The van der Waals surface area contributed by atoms with Crippen molar-refractivity contribution in [1.82, 2.24) is 9.62 Å². The molecule has 23 heavy (non-hydrogen) atoms. The molecule has 2 aromatic rings. The van der Waals surface area contributed by atoms with E-state index in [4.69, 9.17) is 0 Å². The zero-order valence-corrected chi connectivity index (χ0v) is 15.7. The molecule has 0 aliphatic heterocycles. The molecule has 2 rings (SSSR count). The summed E-state index contributed by atoms with van der Waals surface area (Å²) < 4.78 is 27.0. The number of hydrogen-bond donors (Lipinski definition) is 1. The van der Waals surface area contributed by atoms with Gasteiger partial charge in [-0.05, 0) is 39.5 Å². The molecule has 1 aromatic heterocycles. The number of sulfonamides is 1. The van der Waals surface area contributed by atoms with Gasteiger partial charge >= 0.3 is 0 Å². The van der Waals surface area contributed by atoms with Crippen molar-refractivity contribution in [2.75, 3.05) is 13.1 Å². The number of benzene rings is 1. The second-order valence-electron chi connectivity index (χ2n) is 4.72. The van der Waals surface area contributed by atoms with Crippen molar-refractivity contribution in [1.29, 1.82) is 0 Å². The van der Waals surface area contributed by atoms with Gasteiger partial charge in [-0.15, -0.1) is 11.3 Å². The maximum Gasteiger partial charge on any atom is 0.244 e. The number of nitrogens with zero attached hydrogens (tertiary/aromatic N) is 1. The van der Waals surface area contributed by atoms with Gasteiger partial charge in [0.25, 0.3) is 0 Å². The maximum atomic E-state index is 12.7. The van der Waals surface area contributed by atoms with E-state index in [1.54, 1.807) is 36.5 Å². The summed E-state index contributed by atoms with van der Waals surface area (Å²) in [5, 5.41) is 4.67. The van der Waals surface area contributed by atoms with Crippen molar-refractivity contribution in [3.63, 3.8) is 0 Å². The summed E-state index contributed by atoms with van der Waals surface area (Å²) in [4.78, 5) is 13.2. The molecule has 0 unspecified atom stereocenters. The van der Waals surface area contributed by atoms with E-state index in [9.17, 15) is 13.2 Å². The molecular formula is C15H17BrN2O3S2. The number of nitrogens with one attached hydrogen (secondary N) is 1. The van der Waals surface area contributed by atoms with Crippen LogP contribution in [0.2, 0.25) is 0 Å². The number of amides is 1. The van der Waals surface area contributed by atoms with Crippen LogP contribution in [0, 0.1) is 0 Å². The quantitative estimate of drug-likeness (QED) is 0.754. The van der Waals surface area contributed by atoms with Gasteiger partial charge in [0, 0.05) is 15.9 Å². The first-order valence-electron chi connectivity index (χ1n) is 6.99. The highest BCUT2D eigenvalue weighted by molar-refractivity contribution is 9.10. The van der Waals surface area contributed by atoms with E-state index in [1.165, 1.54) is 6.07 Å². The molecule has 0 radical (unpaired) electrons. The highest BCUT2D eigenvalue weighted by Crippen LogP contribution is 2.24. The fourth-order valence-corrected chi connectivity index (χ4v) is 4.99. The molecule has 0 aliphatic rings. The van der Waals surface area contributed by atoms with Gasteiger partial charge in [0.05, 0.1) is 18.0 Å². The van der Waals surface area contributed by atoms with Crippen LogP contribution in [-0.4, -0.2) is 31.7 Å². The average Bonchev–Trinajstić information content (AvgIpc) is 3.04. The Morgan fingerprint density at radius 1 is 1.26 bits per heavy atom. The zero-order chi connectivity index (χ0) is 16.9. The third kappa shape index (κ3) is 4.63. The minimum absolute atomic E-state index is 0.160. The highest BCUT2D eigenvalue weighted by Gasteiger charge is 2.26. The first kappa shape index (κ1) is 18.1. The number of thiophene rings is 1. The molecule has 0 saturated heterocycles. The Balaban J connectivity index is 2.07. The molecule has 5 nitrogen and oxygen atoms in total. The first-order valence-corrected chi connectivity index (χ1v) is 10.1. The summed E-state index contributed by atoms with van der Waals surface area (Å²) in [6.07, 6.45) is 0. The van der Waals surface area contributed by atoms with Crippen LogP contribution in [0.15, 0.2) is 51.1 Å². The summed E-state index contributed by atoms with van der Waals surface area (Å²) in [6.45, 7) is 2.13. The van der Waals surface area contributed by atoms with E-state index in [0.717, 1.165) is 9.18 Å². The van der Waals surface area contributed by atoms with Crippen molar-refractivity contribution < 1.29 is 13.2 Å². The molecule has 0 saturated carbocycles. The van der Waals surface area contributed by atoms with Crippen LogP contribution in [0.25, 0.3) is 0 Å². The minimum Gasteiger partial charge on any atom is -0.350 e. The summed E-state index contributed by atoms with van der Waals surface area (Å²) in [5.74, 6) is -0.323. The highest BCUT2D eigenvalue weighted by atomic mass is 79.9. The van der Waals surface area contributed by atoms with E-state index in [1.807, 2.05) is 17.5 Å². The topological polar surface area (TPSA) is 66.5 Å². The van der Waals surface area contributed by atoms with Crippen molar-refractivity contribution in [3.05, 3.63) is 51.1 Å². The smallest absolute Gasteiger partial charge is 0.244 e. The minimum atomic E-state index is -3.72. The second-order valence-corrected chi connectivity index (χ2v) is 8.51. The van der Waals surface area contributed by atoms with Crippen molar-refractivity contribution in [2.24, 2.45) is 0 Å². The summed E-state index contributed by atoms with van der Waals surface area (Å²) >= 11 is 4.79. The largest absolute Gasteiger partial charge is 0.350 e. The van der Waals surface area contributed by atoms with E-state index in [2.05, 4.69) is 21.2 Å². The van der Waals surface area contributed by atoms with Gasteiger partial charge in [0.15, 0.2) is 0 Å². The lowest BCUT2D eigenvalue weighted by molar-refractivity contribution is -0.121. The summed E-state index contributed by atoms with van der Waals surface area (Å²) in [5.41, 5.74) is 0. The van der Waals surface area contributed by atoms with Crippen molar-refractivity contribution in [3.8, 4) is 0 Å². The number of hydrogen-bond acceptors (Lipinski definition) is 4. The number of carbonyl (C=O) groups is 1. The summed E-state index contributed by atoms with van der Waals surface area (Å²) in [7, 11) is -3.72. The van der Waals surface area contributed by atoms with Gasteiger partial charge in [-0.25, -0.2) is 8.42 Å². The first-order chi connectivity index (χ1) is 10.9. The molecule has 1 amide bonds. The molecule has 124 valence electrons. The fraction of sp³-hybridized carbons (Fsp3) is 0.267. The Labute approximate surface area is 148 Å². The van der Waals surface area contributed by atoms with E-state index in [0.29, 0.717) is 11.0 Å². The van der Waals surface area contributed by atoms with E-state index < -0.39 is 10.0 Å². The van der Waals surface area contributed by atoms with Crippen molar-refractivity contribution in [2.45, 2.75) is 18.4 Å². The third-order valence-electron chi connectivity index (χ3n) is 3.17. The van der Waals surface area contributed by atoms with Crippen LogP contribution in [0.1, 0.15) is 11.8 Å². The lowest BCUT2D eigenvalue weighted by Gasteiger charge is -2.20. The molecular weight excluding hydrogens is 400 g/mol. The van der Waals surface area contributed by atoms with Gasteiger partial charge in [0.2, 0.25) is 15.9 Å². The molecule has 1 N–H and O–H groups in total. The second kappa shape index (κ2) is 8.05. The molecule has 8 heteroatoms. The number of carbonyl (C=O) groups excluding carboxylic acids is 1. The van der Waals surface area contributed by atoms with Crippen LogP contribution in [0.3, 0.4) is 0 Å². The van der Waals surface area contributed by atoms with Crippen molar-refractivity contribution >= 4 is 43.2 Å². The molecule has 0 aliphatic carbocycles. The van der Waals surface area contributed by atoms with Crippen LogP contribution < -0.4 is 5.32 Å². The Hall–Kier alpha value is -1.22. The van der Waals surface area contributed by atoms with E-state index >= 15 is 0 Å². The van der Waals surface area contributed by atoms with Gasteiger partial charge in [0.1, 0.15) is 0 Å². The Kier molecular flexibility index (Phi) is 6.34. The van der Waals surface area contributed by atoms with Gasteiger partial charge in [-0.1, -0.05) is 25.1 Å². The van der Waals surface area contributed by atoms with Crippen LogP contribution in [0.4, 0.5) is 0 Å². The van der Waals surface area contributed by atoms with Crippen LogP contribution >= 0.6 is 27.3 Å². The lowest BCUT2D eigenvalue weighted by atomic mass is 10.4. The Morgan fingerprint density at radius 2 is 2.00 bits per heavy atom. The molecule has 0 fully saturated rings. The zero-order valence-electron chi connectivity index (χ0n) is 12.5. The lowest BCUT2D eigenvalue weighted by Crippen LogP contribution is -2.40. The number of halogens is 1. The van der Waals surface area contributed by atoms with Gasteiger partial charge < -0.3 is 5.32 Å². The fourth-order valence-electron chi connectivity index (χ4n) is 1.97. The average molecular weight is 417 g/mol. The van der Waals surface area contributed by atoms with Crippen LogP contribution in [-0.2, 0) is 21.4 Å². The molecule has 0 spiro atoms. The standard InChI is InChI=1S/C15H17BrN2O3S2/c1-2-18(11-15(19)17-10-12-6-5-9-22-12)23(20,21)14-8-4-3-7-13(14)16/h3-9H,2,10-11H2,1H3,(H,17,19). The Morgan fingerprint density at radius 3 is 2.61 bits per heavy atom. The van der Waals surface area contributed by atoms with Gasteiger partial charge in [-0.2, -0.15) is 4.31 Å². The molecule has 0 bridgehead atoms. The third-order valence-corrected chi connectivity index (χ3v) is 6.98. The van der Waals surface area contributed by atoms with Crippen LogP contribution in [0.5, 0.6) is 0 Å². The Bertz CT molecular complexity index is 761. The molecule has 1 heterocycles. The van der Waals surface area contributed by atoms with E-state index in [-0.39, 0.29) is 23.9 Å². The SMILES string of the molecule is CCN(CC(=O)NCc1cccs1)S(=O)(=O)c1ccccc1Br. The van der Waals surface area contributed by atoms with Gasteiger partial charge in [-0.3, -0.25) is 4.79 Å². The molecule has 0 atom stereocenters. The predicted octanol–water partition coefficient (Wildman–Crippen LogP) is 2.84. The molecule has 1 aromatic carbocycles. The monoisotopic (exact) mass is 416 g/mol. The number of rotatable bonds is 7. The normalized spacial score (nSPS) is 11.6.